The van der Waals surface area contributed by atoms with Gasteiger partial charge in [-0.05, 0) is 55.2 Å². The van der Waals surface area contributed by atoms with Crippen molar-refractivity contribution in [2.24, 2.45) is 0 Å². The summed E-state index contributed by atoms with van der Waals surface area (Å²) in [6.45, 7) is 1.04. The fourth-order valence-electron chi connectivity index (χ4n) is 3.23. The van der Waals surface area contributed by atoms with Gasteiger partial charge in [0.25, 0.3) is 5.91 Å². The molecule has 1 atom stereocenters. The Balaban J connectivity index is 1.59. The highest BCUT2D eigenvalue weighted by molar-refractivity contribution is 9.10. The molecule has 2 amide bonds. The molecule has 2 aromatic rings. The largest absolute Gasteiger partial charge is 0.354 e. The zero-order chi connectivity index (χ0) is 19.4. The molecule has 0 saturated carbocycles. The van der Waals surface area contributed by atoms with Gasteiger partial charge in [-0.3, -0.25) is 9.59 Å². The number of nitrogens with one attached hydrogen (secondary N) is 1. The lowest BCUT2D eigenvalue weighted by Gasteiger charge is -2.24. The molecule has 1 heterocycles. The molecule has 1 aliphatic heterocycles. The van der Waals surface area contributed by atoms with E-state index in [1.165, 1.54) is 0 Å². The standard InChI is InChI=1S/C20H19BrCl2N2O2/c21-15-4-1-3-14(11-15)20(27)25-10-2-5-18(25)19(26)24-9-8-13-6-7-16(22)12-17(13)23/h1,3-4,6-7,11-12,18H,2,5,8-10H2,(H,24,26). The fourth-order valence-corrected chi connectivity index (χ4v) is 4.13. The Morgan fingerprint density at radius 1 is 1.19 bits per heavy atom. The maximum absolute atomic E-state index is 12.8. The smallest absolute Gasteiger partial charge is 0.254 e. The van der Waals surface area contributed by atoms with E-state index in [0.717, 1.165) is 16.5 Å². The first-order valence-corrected chi connectivity index (χ1v) is 10.3. The molecule has 27 heavy (non-hydrogen) atoms. The second kappa shape index (κ2) is 9.09. The Labute approximate surface area is 177 Å². The molecule has 1 saturated heterocycles. The van der Waals surface area contributed by atoms with E-state index in [-0.39, 0.29) is 11.8 Å². The summed E-state index contributed by atoms with van der Waals surface area (Å²) in [5.41, 5.74) is 1.51. The molecule has 0 aliphatic carbocycles. The Morgan fingerprint density at radius 2 is 2.00 bits per heavy atom. The molecule has 0 radical (unpaired) electrons. The Bertz CT molecular complexity index is 860. The number of nitrogens with zero attached hydrogens (tertiary/aromatic N) is 1. The molecule has 3 rings (SSSR count). The third-order valence-corrected chi connectivity index (χ3v) is 5.68. The summed E-state index contributed by atoms with van der Waals surface area (Å²) >= 11 is 15.4. The second-order valence-electron chi connectivity index (χ2n) is 6.44. The average Bonchev–Trinajstić information content (AvgIpc) is 3.12. The molecular formula is C20H19BrCl2N2O2. The van der Waals surface area contributed by atoms with Gasteiger partial charge in [-0.1, -0.05) is 51.3 Å². The molecule has 0 aromatic heterocycles. The minimum absolute atomic E-state index is 0.116. The van der Waals surface area contributed by atoms with Crippen LogP contribution in [0.4, 0.5) is 0 Å². The van der Waals surface area contributed by atoms with E-state index >= 15 is 0 Å². The van der Waals surface area contributed by atoms with Crippen LogP contribution in [0.3, 0.4) is 0 Å². The number of hydrogen-bond donors (Lipinski definition) is 1. The van der Waals surface area contributed by atoms with Crippen LogP contribution in [0.25, 0.3) is 0 Å². The van der Waals surface area contributed by atoms with Crippen LogP contribution in [0.1, 0.15) is 28.8 Å². The molecule has 7 heteroatoms. The monoisotopic (exact) mass is 468 g/mol. The fraction of sp³-hybridized carbons (Fsp3) is 0.300. The van der Waals surface area contributed by atoms with Crippen LogP contribution in [0, 0.1) is 0 Å². The first kappa shape index (κ1) is 20.2. The van der Waals surface area contributed by atoms with Crippen LogP contribution < -0.4 is 5.32 Å². The lowest BCUT2D eigenvalue weighted by atomic mass is 10.1. The number of carbonyl (C=O) groups is 2. The van der Waals surface area contributed by atoms with Crippen molar-refractivity contribution in [3.05, 3.63) is 68.1 Å². The first-order valence-electron chi connectivity index (χ1n) is 8.74. The summed E-state index contributed by atoms with van der Waals surface area (Å²) in [6, 6.07) is 12.1. The average molecular weight is 470 g/mol. The van der Waals surface area contributed by atoms with Gasteiger partial charge in [0.2, 0.25) is 5.91 Å². The molecular weight excluding hydrogens is 451 g/mol. The van der Waals surface area contributed by atoms with Gasteiger partial charge in [-0.15, -0.1) is 0 Å². The number of benzene rings is 2. The number of hydrogen-bond acceptors (Lipinski definition) is 2. The molecule has 1 N–H and O–H groups in total. The SMILES string of the molecule is O=C(NCCc1ccc(Cl)cc1Cl)C1CCCN1C(=O)c1cccc(Br)c1. The summed E-state index contributed by atoms with van der Waals surface area (Å²) in [6.07, 6.45) is 2.10. The van der Waals surface area contributed by atoms with Crippen LogP contribution in [-0.4, -0.2) is 35.8 Å². The van der Waals surface area contributed by atoms with Crippen molar-refractivity contribution in [3.8, 4) is 0 Å². The summed E-state index contributed by atoms with van der Waals surface area (Å²) in [4.78, 5) is 27.1. The predicted octanol–water partition coefficient (Wildman–Crippen LogP) is 4.72. The number of carbonyl (C=O) groups excluding carboxylic acids is 2. The van der Waals surface area contributed by atoms with Crippen molar-refractivity contribution >= 4 is 50.9 Å². The van der Waals surface area contributed by atoms with Crippen molar-refractivity contribution in [3.63, 3.8) is 0 Å². The Kier molecular flexibility index (Phi) is 6.79. The molecule has 0 spiro atoms. The molecule has 2 aromatic carbocycles. The van der Waals surface area contributed by atoms with E-state index in [4.69, 9.17) is 23.2 Å². The third-order valence-electron chi connectivity index (χ3n) is 4.60. The lowest BCUT2D eigenvalue weighted by molar-refractivity contribution is -0.124. The summed E-state index contributed by atoms with van der Waals surface area (Å²) < 4.78 is 0.841. The molecule has 1 aliphatic rings. The summed E-state index contributed by atoms with van der Waals surface area (Å²) in [7, 11) is 0. The van der Waals surface area contributed by atoms with Gasteiger partial charge in [-0.2, -0.15) is 0 Å². The Morgan fingerprint density at radius 3 is 2.74 bits per heavy atom. The number of rotatable bonds is 5. The van der Waals surface area contributed by atoms with E-state index in [1.807, 2.05) is 18.2 Å². The van der Waals surface area contributed by atoms with Crippen LogP contribution in [0.2, 0.25) is 10.0 Å². The topological polar surface area (TPSA) is 49.4 Å². The maximum atomic E-state index is 12.8. The molecule has 1 fully saturated rings. The summed E-state index contributed by atoms with van der Waals surface area (Å²) in [5.74, 6) is -0.240. The second-order valence-corrected chi connectivity index (χ2v) is 8.20. The van der Waals surface area contributed by atoms with Gasteiger partial charge in [0.15, 0.2) is 0 Å². The minimum atomic E-state index is -0.433. The maximum Gasteiger partial charge on any atom is 0.254 e. The predicted molar refractivity (Wildman–Crippen MR) is 111 cm³/mol. The highest BCUT2D eigenvalue weighted by Gasteiger charge is 2.34. The third kappa shape index (κ3) is 5.03. The number of amides is 2. The number of halogens is 3. The van der Waals surface area contributed by atoms with Crippen molar-refractivity contribution in [1.82, 2.24) is 10.2 Å². The van der Waals surface area contributed by atoms with Gasteiger partial charge in [0.1, 0.15) is 6.04 Å². The van der Waals surface area contributed by atoms with E-state index in [0.29, 0.717) is 41.5 Å². The zero-order valence-corrected chi connectivity index (χ0v) is 17.6. The Hall–Kier alpha value is -1.56. The minimum Gasteiger partial charge on any atom is -0.354 e. The zero-order valence-electron chi connectivity index (χ0n) is 14.6. The number of likely N-dealkylation sites (tertiary alicyclic amines) is 1. The quantitative estimate of drug-likeness (QED) is 0.688. The van der Waals surface area contributed by atoms with Gasteiger partial charge < -0.3 is 10.2 Å². The first-order chi connectivity index (χ1) is 13.0. The van der Waals surface area contributed by atoms with Crippen molar-refractivity contribution in [1.29, 1.82) is 0 Å². The highest BCUT2D eigenvalue weighted by atomic mass is 79.9. The van der Waals surface area contributed by atoms with Crippen LogP contribution in [-0.2, 0) is 11.2 Å². The van der Waals surface area contributed by atoms with Gasteiger partial charge in [-0.25, -0.2) is 0 Å². The van der Waals surface area contributed by atoms with E-state index in [2.05, 4.69) is 21.2 Å². The van der Waals surface area contributed by atoms with Crippen LogP contribution in [0.5, 0.6) is 0 Å². The van der Waals surface area contributed by atoms with E-state index in [9.17, 15) is 9.59 Å². The highest BCUT2D eigenvalue weighted by Crippen LogP contribution is 2.23. The molecule has 0 bridgehead atoms. The molecule has 4 nitrogen and oxygen atoms in total. The van der Waals surface area contributed by atoms with E-state index < -0.39 is 6.04 Å². The van der Waals surface area contributed by atoms with Crippen molar-refractivity contribution < 1.29 is 9.59 Å². The molecule has 142 valence electrons. The van der Waals surface area contributed by atoms with Gasteiger partial charge in [0.05, 0.1) is 0 Å². The lowest BCUT2D eigenvalue weighted by Crippen LogP contribution is -2.46. The van der Waals surface area contributed by atoms with E-state index in [1.54, 1.807) is 29.2 Å². The van der Waals surface area contributed by atoms with Gasteiger partial charge in [0, 0.05) is 33.2 Å². The molecule has 1 unspecified atom stereocenters. The van der Waals surface area contributed by atoms with Crippen LogP contribution in [0.15, 0.2) is 46.9 Å². The van der Waals surface area contributed by atoms with Crippen molar-refractivity contribution in [2.45, 2.75) is 25.3 Å². The van der Waals surface area contributed by atoms with Gasteiger partial charge >= 0.3 is 0 Å². The normalized spacial score (nSPS) is 16.4. The van der Waals surface area contributed by atoms with Crippen LogP contribution >= 0.6 is 39.1 Å². The van der Waals surface area contributed by atoms with Crippen molar-refractivity contribution in [2.75, 3.05) is 13.1 Å². The summed E-state index contributed by atoms with van der Waals surface area (Å²) in [5, 5.41) is 4.10.